The minimum Gasteiger partial charge on any atom is -0.381 e. The molecule has 23 heavy (non-hydrogen) atoms. The van der Waals surface area contributed by atoms with E-state index in [-0.39, 0.29) is 11.6 Å². The molecule has 0 spiro atoms. The van der Waals surface area contributed by atoms with Gasteiger partial charge in [0.25, 0.3) is 5.91 Å². The number of halogens is 2. The number of hydrogen-bond acceptors (Lipinski definition) is 3. The second-order valence-corrected chi connectivity index (χ2v) is 5.67. The molecule has 0 bridgehead atoms. The van der Waals surface area contributed by atoms with Gasteiger partial charge in [-0.2, -0.15) is 8.78 Å². The summed E-state index contributed by atoms with van der Waals surface area (Å²) < 4.78 is 27.9. The van der Waals surface area contributed by atoms with E-state index in [0.29, 0.717) is 0 Å². The topological polar surface area (TPSA) is 78.4 Å². The van der Waals surface area contributed by atoms with E-state index in [2.05, 4.69) is 5.32 Å². The number of amides is 2. The lowest BCUT2D eigenvalue weighted by Crippen LogP contribution is -2.48. The van der Waals surface area contributed by atoms with Crippen LogP contribution in [0.25, 0.3) is 0 Å². The van der Waals surface area contributed by atoms with Crippen molar-refractivity contribution in [3.8, 4) is 0 Å². The van der Waals surface area contributed by atoms with Crippen molar-refractivity contribution in [1.29, 1.82) is 0 Å². The Balaban J connectivity index is 1.86. The fourth-order valence-corrected chi connectivity index (χ4v) is 2.60. The summed E-state index contributed by atoms with van der Waals surface area (Å²) in [6.45, 7) is -0.535. The summed E-state index contributed by atoms with van der Waals surface area (Å²) in [6, 6.07) is 7.25. The van der Waals surface area contributed by atoms with Gasteiger partial charge >= 0.3 is 5.92 Å². The monoisotopic (exact) mass is 326 g/mol. The SMILES string of the molecule is O=C(CNC(=O)C(F)(F)C(O)c1ccccc1)NC1CCCC1. The van der Waals surface area contributed by atoms with Crippen molar-refractivity contribution >= 4 is 11.8 Å². The number of nitrogens with one attached hydrogen (secondary N) is 2. The first kappa shape index (κ1) is 17.3. The van der Waals surface area contributed by atoms with Gasteiger partial charge in [-0.25, -0.2) is 0 Å². The van der Waals surface area contributed by atoms with Crippen molar-refractivity contribution in [2.75, 3.05) is 6.54 Å². The molecule has 7 heteroatoms. The Morgan fingerprint density at radius 1 is 1.22 bits per heavy atom. The predicted molar refractivity (Wildman–Crippen MR) is 79.8 cm³/mol. The van der Waals surface area contributed by atoms with Gasteiger partial charge in [-0.1, -0.05) is 43.2 Å². The van der Waals surface area contributed by atoms with Crippen LogP contribution < -0.4 is 10.6 Å². The number of aliphatic hydroxyl groups excluding tert-OH is 1. The molecule has 2 amide bonds. The van der Waals surface area contributed by atoms with Gasteiger partial charge in [-0.3, -0.25) is 9.59 Å². The molecule has 0 radical (unpaired) electrons. The molecule has 126 valence electrons. The lowest BCUT2D eigenvalue weighted by molar-refractivity contribution is -0.164. The van der Waals surface area contributed by atoms with Crippen molar-refractivity contribution in [1.82, 2.24) is 10.6 Å². The molecule has 2 rings (SSSR count). The van der Waals surface area contributed by atoms with Crippen molar-refractivity contribution in [3.63, 3.8) is 0 Å². The van der Waals surface area contributed by atoms with Crippen LogP contribution in [0, 0.1) is 0 Å². The third-order valence-corrected chi connectivity index (χ3v) is 3.89. The number of alkyl halides is 2. The van der Waals surface area contributed by atoms with Gasteiger partial charge in [-0.15, -0.1) is 0 Å². The smallest absolute Gasteiger partial charge is 0.353 e. The van der Waals surface area contributed by atoms with Crippen LogP contribution in [-0.4, -0.2) is 35.4 Å². The second-order valence-electron chi connectivity index (χ2n) is 5.67. The van der Waals surface area contributed by atoms with E-state index in [9.17, 15) is 23.5 Å². The Hall–Kier alpha value is -2.02. The maximum Gasteiger partial charge on any atom is 0.353 e. The summed E-state index contributed by atoms with van der Waals surface area (Å²) in [4.78, 5) is 23.3. The van der Waals surface area contributed by atoms with Crippen molar-refractivity contribution in [2.24, 2.45) is 0 Å². The zero-order valence-corrected chi connectivity index (χ0v) is 12.6. The van der Waals surface area contributed by atoms with Crippen LogP contribution in [-0.2, 0) is 9.59 Å². The highest BCUT2D eigenvalue weighted by Crippen LogP contribution is 2.31. The molecule has 0 aromatic heterocycles. The third-order valence-electron chi connectivity index (χ3n) is 3.89. The Kier molecular flexibility index (Phi) is 5.65. The quantitative estimate of drug-likeness (QED) is 0.742. The third kappa shape index (κ3) is 4.48. The molecule has 0 aliphatic heterocycles. The zero-order chi connectivity index (χ0) is 16.9. The number of hydrogen-bond donors (Lipinski definition) is 3. The van der Waals surface area contributed by atoms with E-state index in [1.165, 1.54) is 24.3 Å². The van der Waals surface area contributed by atoms with Crippen LogP contribution in [0.5, 0.6) is 0 Å². The largest absolute Gasteiger partial charge is 0.381 e. The lowest BCUT2D eigenvalue weighted by atomic mass is 10.0. The fourth-order valence-electron chi connectivity index (χ4n) is 2.60. The highest BCUT2D eigenvalue weighted by molar-refractivity contribution is 5.89. The molecule has 1 fully saturated rings. The summed E-state index contributed by atoms with van der Waals surface area (Å²) in [5.41, 5.74) is -0.0666. The van der Waals surface area contributed by atoms with Crippen LogP contribution in [0.4, 0.5) is 8.78 Å². The van der Waals surface area contributed by atoms with Crippen molar-refractivity contribution < 1.29 is 23.5 Å². The molecule has 1 aliphatic carbocycles. The maximum atomic E-state index is 14.0. The van der Waals surface area contributed by atoms with E-state index in [1.807, 2.05) is 5.32 Å². The Bertz CT molecular complexity index is 546. The zero-order valence-electron chi connectivity index (χ0n) is 12.6. The predicted octanol–water partition coefficient (Wildman–Crippen LogP) is 1.53. The van der Waals surface area contributed by atoms with Crippen LogP contribution in [0.3, 0.4) is 0 Å². The number of rotatable bonds is 6. The van der Waals surface area contributed by atoms with E-state index in [0.717, 1.165) is 25.7 Å². The fraction of sp³-hybridized carbons (Fsp3) is 0.500. The molecule has 0 heterocycles. The van der Waals surface area contributed by atoms with Crippen molar-refractivity contribution in [2.45, 2.75) is 43.8 Å². The Morgan fingerprint density at radius 2 is 1.83 bits per heavy atom. The van der Waals surface area contributed by atoms with E-state index in [1.54, 1.807) is 6.07 Å². The molecule has 3 N–H and O–H groups in total. The maximum absolute atomic E-state index is 14.0. The molecule has 1 aromatic carbocycles. The molecule has 1 atom stereocenters. The van der Waals surface area contributed by atoms with Gasteiger partial charge in [0.15, 0.2) is 6.10 Å². The molecule has 1 unspecified atom stereocenters. The van der Waals surface area contributed by atoms with E-state index in [4.69, 9.17) is 0 Å². The Labute approximate surface area is 133 Å². The van der Waals surface area contributed by atoms with Gasteiger partial charge in [0, 0.05) is 6.04 Å². The summed E-state index contributed by atoms with van der Waals surface area (Å²) in [5.74, 6) is -6.19. The van der Waals surface area contributed by atoms with Gasteiger partial charge in [-0.05, 0) is 18.4 Å². The second kappa shape index (κ2) is 7.50. The summed E-state index contributed by atoms with van der Waals surface area (Å²) in [6.07, 6.45) is 1.52. The van der Waals surface area contributed by atoms with Crippen molar-refractivity contribution in [3.05, 3.63) is 35.9 Å². The van der Waals surface area contributed by atoms with E-state index >= 15 is 0 Å². The summed E-state index contributed by atoms with van der Waals surface area (Å²) >= 11 is 0. The van der Waals surface area contributed by atoms with Crippen LogP contribution in [0.1, 0.15) is 37.4 Å². The minimum absolute atomic E-state index is 0.0508. The lowest BCUT2D eigenvalue weighted by Gasteiger charge is -2.22. The molecular formula is C16H20F2N2O3. The highest BCUT2D eigenvalue weighted by atomic mass is 19.3. The number of aliphatic hydroxyl groups is 1. The van der Waals surface area contributed by atoms with E-state index < -0.39 is 30.4 Å². The van der Waals surface area contributed by atoms with Crippen LogP contribution >= 0.6 is 0 Å². The standard InChI is InChI=1S/C16H20F2N2O3/c17-16(18,14(22)11-6-2-1-3-7-11)15(23)19-10-13(21)20-12-8-4-5-9-12/h1-3,6-7,12,14,22H,4-5,8-10H2,(H,19,23)(H,20,21). The van der Waals surface area contributed by atoms with Crippen LogP contribution in [0.15, 0.2) is 30.3 Å². The molecule has 1 aliphatic rings. The summed E-state index contributed by atoms with van der Waals surface area (Å²) in [5, 5.41) is 14.3. The number of benzene rings is 1. The number of carbonyl (C=O) groups excluding carboxylic acids is 2. The van der Waals surface area contributed by atoms with Gasteiger partial charge in [0.05, 0.1) is 6.54 Å². The molecular weight excluding hydrogens is 306 g/mol. The first-order valence-electron chi connectivity index (χ1n) is 7.59. The molecule has 5 nitrogen and oxygen atoms in total. The summed E-state index contributed by atoms with van der Waals surface area (Å²) in [7, 11) is 0. The minimum atomic E-state index is -4.02. The first-order valence-corrected chi connectivity index (χ1v) is 7.59. The number of carbonyl (C=O) groups is 2. The first-order chi connectivity index (χ1) is 10.9. The molecule has 1 aromatic rings. The van der Waals surface area contributed by atoms with Gasteiger partial charge in [0.2, 0.25) is 5.91 Å². The normalized spacial score (nSPS) is 16.8. The van der Waals surface area contributed by atoms with Gasteiger partial charge < -0.3 is 15.7 Å². The highest BCUT2D eigenvalue weighted by Gasteiger charge is 2.47. The van der Waals surface area contributed by atoms with Gasteiger partial charge in [0.1, 0.15) is 0 Å². The molecule has 0 saturated heterocycles. The average Bonchev–Trinajstić information content (AvgIpc) is 3.05. The average molecular weight is 326 g/mol. The Morgan fingerprint density at radius 3 is 2.43 bits per heavy atom. The van der Waals surface area contributed by atoms with Crippen LogP contribution in [0.2, 0.25) is 0 Å². The molecule has 1 saturated carbocycles.